The van der Waals surface area contributed by atoms with Crippen molar-refractivity contribution in [1.29, 1.82) is 0 Å². The van der Waals surface area contributed by atoms with Crippen molar-refractivity contribution in [2.24, 2.45) is 5.14 Å². The van der Waals surface area contributed by atoms with Gasteiger partial charge < -0.3 is 4.74 Å². The van der Waals surface area contributed by atoms with E-state index < -0.39 is 0 Å². The van der Waals surface area contributed by atoms with Crippen molar-refractivity contribution in [3.8, 4) is 5.75 Å². The second kappa shape index (κ2) is 6.89. The van der Waals surface area contributed by atoms with E-state index >= 15 is 0 Å². The highest BCUT2D eigenvalue weighted by Crippen LogP contribution is 2.19. The highest BCUT2D eigenvalue weighted by atomic mass is 32.2. The van der Waals surface area contributed by atoms with E-state index in [1.165, 1.54) is 44.3 Å². The molecule has 0 spiro atoms. The summed E-state index contributed by atoms with van der Waals surface area (Å²) in [5, 5.41) is 5.52. The molecule has 1 heterocycles. The first-order chi connectivity index (χ1) is 8.38. The van der Waals surface area contributed by atoms with Crippen molar-refractivity contribution in [2.75, 3.05) is 26.2 Å². The molecule has 0 bridgehead atoms. The summed E-state index contributed by atoms with van der Waals surface area (Å²) >= 11 is 1.25. The van der Waals surface area contributed by atoms with Gasteiger partial charge in [0.15, 0.2) is 0 Å². The van der Waals surface area contributed by atoms with E-state index in [-0.39, 0.29) is 0 Å². The number of rotatable bonds is 5. The molecule has 0 unspecified atom stereocenters. The first kappa shape index (κ1) is 12.7. The summed E-state index contributed by atoms with van der Waals surface area (Å²) in [6, 6.07) is 7.93. The number of ether oxygens (including phenoxy) is 1. The number of nitrogens with two attached hydrogens (primary N) is 1. The van der Waals surface area contributed by atoms with E-state index in [1.54, 1.807) is 0 Å². The van der Waals surface area contributed by atoms with Crippen LogP contribution < -0.4 is 9.88 Å². The van der Waals surface area contributed by atoms with Crippen LogP contribution in [0.25, 0.3) is 0 Å². The van der Waals surface area contributed by atoms with Gasteiger partial charge in [0, 0.05) is 11.4 Å². The molecule has 0 atom stereocenters. The molecule has 1 aliphatic rings. The zero-order chi connectivity index (χ0) is 11.9. The van der Waals surface area contributed by atoms with Crippen LogP contribution in [0, 0.1) is 0 Å². The largest absolute Gasteiger partial charge is 0.492 e. The fourth-order valence-corrected chi connectivity index (χ4v) is 2.45. The van der Waals surface area contributed by atoms with Crippen molar-refractivity contribution in [2.45, 2.75) is 24.2 Å². The van der Waals surface area contributed by atoms with Crippen molar-refractivity contribution < 1.29 is 4.74 Å². The Morgan fingerprint density at radius 3 is 2.82 bits per heavy atom. The molecule has 0 radical (unpaired) electrons. The van der Waals surface area contributed by atoms with Gasteiger partial charge in [0.05, 0.1) is 0 Å². The van der Waals surface area contributed by atoms with Crippen LogP contribution in [0.4, 0.5) is 0 Å². The van der Waals surface area contributed by atoms with E-state index in [0.717, 1.165) is 23.8 Å². The molecule has 1 aliphatic heterocycles. The highest BCUT2D eigenvalue weighted by Gasteiger charge is 2.09. The van der Waals surface area contributed by atoms with Crippen LogP contribution in [0.1, 0.15) is 19.3 Å². The van der Waals surface area contributed by atoms with Crippen LogP contribution in [0.15, 0.2) is 29.2 Å². The van der Waals surface area contributed by atoms with Crippen molar-refractivity contribution >= 4 is 11.9 Å². The molecule has 1 saturated heterocycles. The summed E-state index contributed by atoms with van der Waals surface area (Å²) in [7, 11) is 0. The Labute approximate surface area is 107 Å². The lowest BCUT2D eigenvalue weighted by Gasteiger charge is -2.26. The summed E-state index contributed by atoms with van der Waals surface area (Å²) in [6.07, 6.45) is 4.05. The van der Waals surface area contributed by atoms with Crippen LogP contribution in [-0.4, -0.2) is 31.1 Å². The van der Waals surface area contributed by atoms with E-state index in [2.05, 4.69) is 4.90 Å². The SMILES string of the molecule is NSc1cccc(OCCN2CCCCC2)c1. The van der Waals surface area contributed by atoms with Crippen molar-refractivity contribution in [3.05, 3.63) is 24.3 Å². The highest BCUT2D eigenvalue weighted by molar-refractivity contribution is 7.97. The minimum atomic E-state index is 0.763. The third kappa shape index (κ3) is 4.22. The maximum atomic E-state index is 5.74. The smallest absolute Gasteiger partial charge is 0.120 e. The minimum absolute atomic E-state index is 0.763. The number of hydrogen-bond acceptors (Lipinski definition) is 4. The van der Waals surface area contributed by atoms with Gasteiger partial charge in [0.2, 0.25) is 0 Å². The van der Waals surface area contributed by atoms with Gasteiger partial charge in [-0.1, -0.05) is 12.5 Å². The Kier molecular flexibility index (Phi) is 5.16. The van der Waals surface area contributed by atoms with Gasteiger partial charge in [-0.2, -0.15) is 0 Å². The Morgan fingerprint density at radius 1 is 1.24 bits per heavy atom. The van der Waals surface area contributed by atoms with Crippen LogP contribution >= 0.6 is 11.9 Å². The molecule has 17 heavy (non-hydrogen) atoms. The summed E-state index contributed by atoms with van der Waals surface area (Å²) in [4.78, 5) is 3.52. The molecule has 1 aromatic rings. The average molecular weight is 252 g/mol. The van der Waals surface area contributed by atoms with Crippen LogP contribution in [-0.2, 0) is 0 Å². The Morgan fingerprint density at radius 2 is 2.06 bits per heavy atom. The number of benzene rings is 1. The Balaban J connectivity index is 1.73. The lowest BCUT2D eigenvalue weighted by molar-refractivity contribution is 0.183. The Hall–Kier alpha value is -0.710. The maximum Gasteiger partial charge on any atom is 0.120 e. The average Bonchev–Trinajstić information content (AvgIpc) is 2.40. The standard InChI is InChI=1S/C13H20N2OS/c14-17-13-6-4-5-12(11-13)16-10-9-15-7-2-1-3-8-15/h4-6,11H,1-3,7-10,14H2. The molecule has 0 amide bonds. The predicted octanol–water partition coefficient (Wildman–Crippen LogP) is 2.52. The lowest BCUT2D eigenvalue weighted by Crippen LogP contribution is -2.33. The Bertz CT molecular complexity index is 340. The summed E-state index contributed by atoms with van der Waals surface area (Å²) in [6.45, 7) is 4.24. The molecule has 4 heteroatoms. The fourth-order valence-electron chi connectivity index (χ4n) is 2.11. The third-order valence-corrected chi connectivity index (χ3v) is 3.59. The van der Waals surface area contributed by atoms with Gasteiger partial charge in [-0.3, -0.25) is 10.0 Å². The molecular formula is C13H20N2OS. The summed E-state index contributed by atoms with van der Waals surface area (Å²) in [5.74, 6) is 0.914. The molecule has 94 valence electrons. The number of likely N-dealkylation sites (tertiary alicyclic amines) is 1. The van der Waals surface area contributed by atoms with Gasteiger partial charge >= 0.3 is 0 Å². The molecular weight excluding hydrogens is 232 g/mol. The first-order valence-electron chi connectivity index (χ1n) is 6.20. The molecule has 0 aliphatic carbocycles. The molecule has 2 rings (SSSR count). The minimum Gasteiger partial charge on any atom is -0.492 e. The molecule has 1 aromatic carbocycles. The van der Waals surface area contributed by atoms with E-state index in [0.29, 0.717) is 0 Å². The van der Waals surface area contributed by atoms with Gasteiger partial charge in [0.1, 0.15) is 12.4 Å². The molecule has 0 saturated carbocycles. The third-order valence-electron chi connectivity index (χ3n) is 3.07. The molecule has 3 nitrogen and oxygen atoms in total. The second-order valence-electron chi connectivity index (χ2n) is 4.34. The van der Waals surface area contributed by atoms with E-state index in [4.69, 9.17) is 9.88 Å². The maximum absolute atomic E-state index is 5.74. The quantitative estimate of drug-likeness (QED) is 0.817. The zero-order valence-electron chi connectivity index (χ0n) is 10.1. The van der Waals surface area contributed by atoms with Crippen LogP contribution in [0.3, 0.4) is 0 Å². The lowest BCUT2D eigenvalue weighted by atomic mass is 10.1. The van der Waals surface area contributed by atoms with Crippen LogP contribution in [0.2, 0.25) is 0 Å². The van der Waals surface area contributed by atoms with Gasteiger partial charge in [0.25, 0.3) is 0 Å². The van der Waals surface area contributed by atoms with E-state index in [9.17, 15) is 0 Å². The fraction of sp³-hybridized carbons (Fsp3) is 0.538. The number of nitrogens with zero attached hydrogens (tertiary/aromatic N) is 1. The first-order valence-corrected chi connectivity index (χ1v) is 7.08. The van der Waals surface area contributed by atoms with Gasteiger partial charge in [-0.15, -0.1) is 0 Å². The van der Waals surface area contributed by atoms with Crippen LogP contribution in [0.5, 0.6) is 5.75 Å². The normalized spacial score (nSPS) is 17.0. The predicted molar refractivity (Wildman–Crippen MR) is 72.3 cm³/mol. The topological polar surface area (TPSA) is 38.5 Å². The summed E-state index contributed by atoms with van der Waals surface area (Å²) in [5.41, 5.74) is 0. The second-order valence-corrected chi connectivity index (χ2v) is 5.05. The number of hydrogen-bond donors (Lipinski definition) is 1. The summed E-state index contributed by atoms with van der Waals surface area (Å²) < 4.78 is 5.74. The zero-order valence-corrected chi connectivity index (χ0v) is 10.9. The monoisotopic (exact) mass is 252 g/mol. The number of piperidine rings is 1. The van der Waals surface area contributed by atoms with Crippen molar-refractivity contribution in [3.63, 3.8) is 0 Å². The van der Waals surface area contributed by atoms with Crippen molar-refractivity contribution in [1.82, 2.24) is 4.90 Å². The molecule has 1 fully saturated rings. The molecule has 0 aromatic heterocycles. The molecule has 2 N–H and O–H groups in total. The van der Waals surface area contributed by atoms with Gasteiger partial charge in [-0.05, 0) is 56.1 Å². The van der Waals surface area contributed by atoms with E-state index in [1.807, 2.05) is 24.3 Å². The van der Waals surface area contributed by atoms with Gasteiger partial charge in [-0.25, -0.2) is 0 Å².